The maximum Gasteiger partial charge on any atom is 0.262 e. The van der Waals surface area contributed by atoms with Gasteiger partial charge in [0.2, 0.25) is 5.91 Å². The number of hydrazone groups is 1. The molecule has 4 N–H and O–H groups in total. The van der Waals surface area contributed by atoms with Crippen molar-refractivity contribution in [3.63, 3.8) is 0 Å². The number of nitrogens with one attached hydrogen (secondary N) is 2. The molecule has 0 aliphatic heterocycles. The fourth-order valence-electron chi connectivity index (χ4n) is 3.43. The van der Waals surface area contributed by atoms with E-state index in [1.54, 1.807) is 30.3 Å². The molecule has 13 heteroatoms. The standard InChI is InChI=1S/C27H33Cl2IN4O6/c1-4-38-23-12-17(11-20(30)26(23)40-15-24(31)35)14-32-34-27(37)21(10-16(2)3)33-25(36)6-5-9-39-22-8-7-18(28)13-19(22)29/h7-8,11-14,16,21H,4-6,9-10,15H2,1-3H3,(H2,31,35)(H,33,36)(H,34,37)/b32-14-/t21-/m0/s1. The molecule has 3 amide bonds. The molecule has 218 valence electrons. The predicted octanol–water partition coefficient (Wildman–Crippen LogP) is 4.70. The summed E-state index contributed by atoms with van der Waals surface area (Å²) in [6, 6.07) is 7.57. The molecule has 0 spiro atoms. The number of carbonyl (C=O) groups is 3. The van der Waals surface area contributed by atoms with Gasteiger partial charge in [-0.3, -0.25) is 14.4 Å². The lowest BCUT2D eigenvalue weighted by Crippen LogP contribution is -2.46. The quantitative estimate of drug-likeness (QED) is 0.100. The minimum Gasteiger partial charge on any atom is -0.492 e. The maximum absolute atomic E-state index is 12.8. The highest BCUT2D eigenvalue weighted by Gasteiger charge is 2.22. The van der Waals surface area contributed by atoms with Gasteiger partial charge in [0.15, 0.2) is 18.1 Å². The first-order valence-electron chi connectivity index (χ1n) is 12.6. The van der Waals surface area contributed by atoms with Crippen molar-refractivity contribution in [1.82, 2.24) is 10.7 Å². The molecule has 40 heavy (non-hydrogen) atoms. The van der Waals surface area contributed by atoms with Crippen molar-refractivity contribution < 1.29 is 28.6 Å². The molecule has 0 heterocycles. The molecule has 0 bridgehead atoms. The van der Waals surface area contributed by atoms with Gasteiger partial charge in [-0.15, -0.1) is 0 Å². The average molecular weight is 707 g/mol. The predicted molar refractivity (Wildman–Crippen MR) is 163 cm³/mol. The Morgan fingerprint density at radius 1 is 1.10 bits per heavy atom. The molecule has 0 aliphatic rings. The van der Waals surface area contributed by atoms with Crippen LogP contribution in [0.25, 0.3) is 0 Å². The van der Waals surface area contributed by atoms with Crippen molar-refractivity contribution in [1.29, 1.82) is 0 Å². The van der Waals surface area contributed by atoms with Crippen LogP contribution in [0.15, 0.2) is 35.4 Å². The minimum atomic E-state index is -0.764. The van der Waals surface area contributed by atoms with Crippen LogP contribution in [0, 0.1) is 9.49 Å². The van der Waals surface area contributed by atoms with Gasteiger partial charge in [-0.1, -0.05) is 37.0 Å². The summed E-state index contributed by atoms with van der Waals surface area (Å²) in [5.74, 6) is 0.114. The molecule has 0 radical (unpaired) electrons. The lowest BCUT2D eigenvalue weighted by atomic mass is 10.0. The van der Waals surface area contributed by atoms with Gasteiger partial charge in [0.1, 0.15) is 11.8 Å². The zero-order chi connectivity index (χ0) is 29.7. The molecule has 1 atom stereocenters. The largest absolute Gasteiger partial charge is 0.492 e. The van der Waals surface area contributed by atoms with Gasteiger partial charge >= 0.3 is 0 Å². The van der Waals surface area contributed by atoms with E-state index in [4.69, 9.17) is 43.1 Å². The topological polar surface area (TPSA) is 141 Å². The minimum absolute atomic E-state index is 0.152. The van der Waals surface area contributed by atoms with Crippen molar-refractivity contribution in [3.8, 4) is 17.2 Å². The van der Waals surface area contributed by atoms with Crippen LogP contribution in [0.2, 0.25) is 10.0 Å². The molecule has 0 fully saturated rings. The van der Waals surface area contributed by atoms with Crippen molar-refractivity contribution in [2.24, 2.45) is 16.8 Å². The number of nitrogens with zero attached hydrogens (tertiary/aromatic N) is 1. The van der Waals surface area contributed by atoms with Crippen molar-refractivity contribution >= 4 is 69.7 Å². The van der Waals surface area contributed by atoms with Crippen LogP contribution < -0.4 is 30.7 Å². The molecule has 0 aromatic heterocycles. The van der Waals surface area contributed by atoms with Crippen LogP contribution in [0.3, 0.4) is 0 Å². The van der Waals surface area contributed by atoms with Crippen LogP contribution in [-0.2, 0) is 14.4 Å². The van der Waals surface area contributed by atoms with Crippen molar-refractivity contribution in [3.05, 3.63) is 49.5 Å². The zero-order valence-electron chi connectivity index (χ0n) is 22.5. The highest BCUT2D eigenvalue weighted by molar-refractivity contribution is 14.1. The van der Waals surface area contributed by atoms with Crippen LogP contribution in [0.4, 0.5) is 0 Å². The Morgan fingerprint density at radius 2 is 1.85 bits per heavy atom. The van der Waals surface area contributed by atoms with Gasteiger partial charge in [0, 0.05) is 11.4 Å². The van der Waals surface area contributed by atoms with Crippen LogP contribution >= 0.6 is 45.8 Å². The summed E-state index contributed by atoms with van der Waals surface area (Å²) in [6.45, 7) is 6.09. The first-order chi connectivity index (χ1) is 19.0. The lowest BCUT2D eigenvalue weighted by Gasteiger charge is -2.19. The highest BCUT2D eigenvalue weighted by atomic mass is 127. The van der Waals surface area contributed by atoms with Crippen LogP contribution in [0.1, 0.15) is 45.6 Å². The Bertz CT molecular complexity index is 1210. The van der Waals surface area contributed by atoms with E-state index in [1.807, 2.05) is 43.4 Å². The normalized spacial score (nSPS) is 11.8. The van der Waals surface area contributed by atoms with E-state index < -0.39 is 17.9 Å². The SMILES string of the molecule is CCOc1cc(/C=N\NC(=O)[C@H](CC(C)C)NC(=O)CCCOc2ccc(Cl)cc2Cl)cc(I)c1OCC(N)=O. The number of ether oxygens (including phenoxy) is 3. The van der Waals surface area contributed by atoms with E-state index in [1.165, 1.54) is 6.21 Å². The Labute approximate surface area is 257 Å². The summed E-state index contributed by atoms with van der Waals surface area (Å²) in [6.07, 6.45) is 2.48. The second-order valence-corrected chi connectivity index (χ2v) is 11.0. The molecule has 0 saturated carbocycles. The van der Waals surface area contributed by atoms with Crippen LogP contribution in [0.5, 0.6) is 17.2 Å². The van der Waals surface area contributed by atoms with E-state index in [2.05, 4.69) is 15.8 Å². The summed E-state index contributed by atoms with van der Waals surface area (Å²) < 4.78 is 17.4. The monoisotopic (exact) mass is 706 g/mol. The van der Waals surface area contributed by atoms with Gasteiger partial charge < -0.3 is 25.3 Å². The van der Waals surface area contributed by atoms with Gasteiger partial charge in [0.05, 0.1) is 28.0 Å². The van der Waals surface area contributed by atoms with Crippen molar-refractivity contribution in [2.75, 3.05) is 19.8 Å². The van der Waals surface area contributed by atoms with Crippen molar-refractivity contribution in [2.45, 2.75) is 46.1 Å². The third kappa shape index (κ3) is 11.8. The molecule has 2 rings (SSSR count). The van der Waals surface area contributed by atoms with E-state index in [9.17, 15) is 14.4 Å². The number of carbonyl (C=O) groups excluding carboxylic acids is 3. The molecule has 0 saturated heterocycles. The van der Waals surface area contributed by atoms with E-state index in [0.717, 1.165) is 0 Å². The molecule has 10 nitrogen and oxygen atoms in total. The van der Waals surface area contributed by atoms with Gasteiger partial charge in [-0.05, 0) is 84.2 Å². The molecule has 0 aliphatic carbocycles. The third-order valence-corrected chi connectivity index (χ3v) is 6.47. The van der Waals surface area contributed by atoms with E-state index in [0.29, 0.717) is 55.9 Å². The first kappa shape index (κ1) is 33.4. The lowest BCUT2D eigenvalue weighted by molar-refractivity contribution is -0.129. The fraction of sp³-hybridized carbons (Fsp3) is 0.407. The summed E-state index contributed by atoms with van der Waals surface area (Å²) in [7, 11) is 0. The number of hydrogen-bond acceptors (Lipinski definition) is 7. The summed E-state index contributed by atoms with van der Waals surface area (Å²) >= 11 is 14.0. The fourth-order valence-corrected chi connectivity index (χ4v) is 4.68. The number of halogens is 3. The number of nitrogens with two attached hydrogens (primary N) is 1. The van der Waals surface area contributed by atoms with Gasteiger partial charge in [-0.2, -0.15) is 5.10 Å². The number of hydrogen-bond donors (Lipinski definition) is 3. The number of primary amides is 1. The zero-order valence-corrected chi connectivity index (χ0v) is 26.1. The van der Waals surface area contributed by atoms with E-state index >= 15 is 0 Å². The molecular formula is C27H33Cl2IN4O6. The van der Waals surface area contributed by atoms with Crippen LogP contribution in [-0.4, -0.2) is 49.8 Å². The Balaban J connectivity index is 1.95. The highest BCUT2D eigenvalue weighted by Crippen LogP contribution is 2.34. The second-order valence-electron chi connectivity index (χ2n) is 9.03. The smallest absolute Gasteiger partial charge is 0.262 e. The maximum atomic E-state index is 12.8. The van der Waals surface area contributed by atoms with E-state index in [-0.39, 0.29) is 31.5 Å². The third-order valence-electron chi connectivity index (χ3n) is 5.14. The van der Waals surface area contributed by atoms with Gasteiger partial charge in [-0.25, -0.2) is 5.43 Å². The second kappa shape index (κ2) is 17.1. The summed E-state index contributed by atoms with van der Waals surface area (Å²) in [5.41, 5.74) is 8.30. The summed E-state index contributed by atoms with van der Waals surface area (Å²) in [4.78, 5) is 36.5. The molecule has 0 unspecified atom stereocenters. The van der Waals surface area contributed by atoms with Gasteiger partial charge in [0.25, 0.3) is 11.8 Å². The number of amides is 3. The Morgan fingerprint density at radius 3 is 2.50 bits per heavy atom. The Hall–Kier alpha value is -2.77. The summed E-state index contributed by atoms with van der Waals surface area (Å²) in [5, 5.41) is 7.73. The molecule has 2 aromatic rings. The molecule has 2 aromatic carbocycles. The number of benzene rings is 2. The molecular weight excluding hydrogens is 674 g/mol. The first-order valence-corrected chi connectivity index (χ1v) is 14.4. The average Bonchev–Trinajstić information content (AvgIpc) is 2.86. The number of rotatable bonds is 16. The Kier molecular flexibility index (Phi) is 14.3.